The Morgan fingerprint density at radius 3 is 2.56 bits per heavy atom. The fourth-order valence-corrected chi connectivity index (χ4v) is 6.12. The van der Waals surface area contributed by atoms with Gasteiger partial charge in [-0.2, -0.15) is 0 Å². The number of nitrogens with zero attached hydrogens (tertiary/aromatic N) is 4. The Kier molecular flexibility index (Phi) is 14.0. The molecular weight excluding hydrogens is 616 g/mol. The lowest BCUT2D eigenvalue weighted by molar-refractivity contribution is -0.368. The standard InChI is InChI=1S/C26H45BN5O12P/c1-38-11-12-39-9-7-28-26(35)41-15-19-17-3-5-20-21(6-4-18(17)19)31(30-29-20)8-10-40-13-14-42-32-24(33)22(16-43-45(2,36)37)44-23(27)25(32)34/h17-19,22-25,33-34H,3-16H2,1-2H3,(H,28,35)(H,36,37). The number of morpholine rings is 1. The molecule has 4 N–H and O–H groups in total. The number of hydroxylamine groups is 2. The zero-order valence-electron chi connectivity index (χ0n) is 25.8. The van der Waals surface area contributed by atoms with Crippen molar-refractivity contribution >= 4 is 21.5 Å². The molecule has 1 aliphatic heterocycles. The Labute approximate surface area is 263 Å². The first-order valence-corrected chi connectivity index (χ1v) is 17.2. The van der Waals surface area contributed by atoms with Crippen LogP contribution < -0.4 is 5.32 Å². The van der Waals surface area contributed by atoms with Crippen LogP contribution in [0.3, 0.4) is 0 Å². The van der Waals surface area contributed by atoms with Gasteiger partial charge in [0.15, 0.2) is 6.23 Å². The zero-order valence-corrected chi connectivity index (χ0v) is 26.7. The molecule has 8 unspecified atom stereocenters. The number of hydrogen-bond donors (Lipinski definition) is 4. The minimum atomic E-state index is -3.81. The number of ether oxygens (including phenoxy) is 5. The number of nitrogens with one attached hydrogen (secondary N) is 1. The number of carbonyl (C=O) groups excluding carboxylic acids is 1. The molecule has 0 bridgehead atoms. The van der Waals surface area contributed by atoms with Gasteiger partial charge in [-0.25, -0.2) is 9.48 Å². The van der Waals surface area contributed by atoms with E-state index in [1.807, 2.05) is 4.68 Å². The van der Waals surface area contributed by atoms with Crippen molar-refractivity contribution in [3.05, 3.63) is 11.4 Å². The van der Waals surface area contributed by atoms with E-state index < -0.39 is 44.9 Å². The van der Waals surface area contributed by atoms with Gasteiger partial charge in [0.1, 0.15) is 20.2 Å². The predicted molar refractivity (Wildman–Crippen MR) is 156 cm³/mol. The summed E-state index contributed by atoms with van der Waals surface area (Å²) in [5.41, 5.74) is 2.08. The number of methoxy groups -OCH3 is 1. The molecule has 2 fully saturated rings. The Morgan fingerprint density at radius 1 is 1.07 bits per heavy atom. The average Bonchev–Trinajstić information content (AvgIpc) is 3.50. The van der Waals surface area contributed by atoms with Crippen LogP contribution in [0.4, 0.5) is 4.79 Å². The number of aromatic nitrogens is 3. The molecule has 1 aromatic rings. The van der Waals surface area contributed by atoms with Gasteiger partial charge >= 0.3 is 13.7 Å². The van der Waals surface area contributed by atoms with Crippen molar-refractivity contribution in [1.29, 1.82) is 0 Å². The van der Waals surface area contributed by atoms with Crippen LogP contribution in [0.1, 0.15) is 24.2 Å². The molecule has 2 radical (unpaired) electrons. The second kappa shape index (κ2) is 17.5. The van der Waals surface area contributed by atoms with Gasteiger partial charge in [0.2, 0.25) is 0 Å². The van der Waals surface area contributed by atoms with E-state index in [4.69, 9.17) is 40.9 Å². The first kappa shape index (κ1) is 36.1. The number of aryl methyl sites for hydroxylation is 1. The molecule has 45 heavy (non-hydrogen) atoms. The van der Waals surface area contributed by atoms with Crippen LogP contribution in [0.25, 0.3) is 0 Å². The minimum Gasteiger partial charge on any atom is -0.449 e. The Morgan fingerprint density at radius 2 is 1.80 bits per heavy atom. The largest absolute Gasteiger partial charge is 0.449 e. The number of fused-ring (bicyclic) bond motifs is 2. The Balaban J connectivity index is 1.12. The quantitative estimate of drug-likeness (QED) is 0.0848. The lowest BCUT2D eigenvalue weighted by Crippen LogP contribution is -2.62. The van der Waals surface area contributed by atoms with Crippen molar-refractivity contribution in [3.63, 3.8) is 0 Å². The molecule has 2 heterocycles. The second-order valence-corrected chi connectivity index (χ2v) is 13.1. The Bertz CT molecular complexity index is 1110. The number of hydrogen-bond acceptors (Lipinski definition) is 14. The highest BCUT2D eigenvalue weighted by molar-refractivity contribution is 7.51. The summed E-state index contributed by atoms with van der Waals surface area (Å²) in [5.74, 6) is 1.37. The molecule has 8 atom stereocenters. The van der Waals surface area contributed by atoms with E-state index in [0.29, 0.717) is 63.9 Å². The van der Waals surface area contributed by atoms with Gasteiger partial charge in [-0.15, -0.1) is 10.2 Å². The highest BCUT2D eigenvalue weighted by atomic mass is 31.2. The molecule has 17 nitrogen and oxygen atoms in total. The molecule has 19 heteroatoms. The second-order valence-electron chi connectivity index (χ2n) is 11.3. The Hall–Kier alpha value is -1.70. The highest BCUT2D eigenvalue weighted by Crippen LogP contribution is 2.52. The topological polar surface area (TPSA) is 205 Å². The normalized spacial score (nSPS) is 29.6. The summed E-state index contributed by atoms with van der Waals surface area (Å²) < 4.78 is 44.7. The van der Waals surface area contributed by atoms with E-state index in [1.54, 1.807) is 7.11 Å². The number of aliphatic hydroxyl groups is 2. The maximum atomic E-state index is 12.0. The van der Waals surface area contributed by atoms with Crippen LogP contribution in [-0.4, -0.2) is 147 Å². The molecule has 4 rings (SSSR count). The first-order valence-electron chi connectivity index (χ1n) is 15.2. The third kappa shape index (κ3) is 10.9. The molecule has 2 aliphatic carbocycles. The lowest BCUT2D eigenvalue weighted by Gasteiger charge is -2.43. The number of aliphatic hydroxyl groups excluding tert-OH is 2. The molecule has 1 amide bonds. The van der Waals surface area contributed by atoms with Gasteiger partial charge in [-0.05, 0) is 43.4 Å². The van der Waals surface area contributed by atoms with E-state index >= 15 is 0 Å². The summed E-state index contributed by atoms with van der Waals surface area (Å²) >= 11 is 0. The van der Waals surface area contributed by atoms with Crippen molar-refractivity contribution in [1.82, 2.24) is 25.4 Å². The third-order valence-electron chi connectivity index (χ3n) is 8.08. The van der Waals surface area contributed by atoms with Gasteiger partial charge in [-0.1, -0.05) is 5.21 Å². The third-order valence-corrected chi connectivity index (χ3v) is 8.71. The highest BCUT2D eigenvalue weighted by Gasteiger charge is 2.50. The van der Waals surface area contributed by atoms with E-state index in [2.05, 4.69) is 15.6 Å². The molecule has 254 valence electrons. The van der Waals surface area contributed by atoms with Crippen LogP contribution >= 0.6 is 7.60 Å². The summed E-state index contributed by atoms with van der Waals surface area (Å²) in [5, 5.41) is 33.0. The monoisotopic (exact) mass is 661 g/mol. The SMILES string of the molecule is [B]C1OC(COP(C)(=O)O)C(O)N(OCCOCCn2nnc3c2CCC2C(CC3)C2COC(=O)NCCOCCOC)C1O. The van der Waals surface area contributed by atoms with Gasteiger partial charge in [0, 0.05) is 20.3 Å². The number of rotatable bonds is 18. The summed E-state index contributed by atoms with van der Waals surface area (Å²) in [6, 6.07) is -1.24. The summed E-state index contributed by atoms with van der Waals surface area (Å²) in [6.45, 7) is 3.72. The van der Waals surface area contributed by atoms with Gasteiger partial charge < -0.3 is 48.6 Å². The van der Waals surface area contributed by atoms with Crippen molar-refractivity contribution < 1.29 is 57.5 Å². The van der Waals surface area contributed by atoms with Crippen LogP contribution in [0.5, 0.6) is 0 Å². The molecule has 0 aromatic carbocycles. The van der Waals surface area contributed by atoms with Crippen molar-refractivity contribution in [2.45, 2.75) is 56.8 Å². The maximum Gasteiger partial charge on any atom is 0.407 e. The van der Waals surface area contributed by atoms with Gasteiger partial charge in [0.05, 0.1) is 76.8 Å². The van der Waals surface area contributed by atoms with Gasteiger partial charge in [-0.3, -0.25) is 9.40 Å². The van der Waals surface area contributed by atoms with E-state index in [-0.39, 0.29) is 13.2 Å². The summed E-state index contributed by atoms with van der Waals surface area (Å²) in [4.78, 5) is 26.8. The van der Waals surface area contributed by atoms with E-state index in [9.17, 15) is 24.5 Å². The van der Waals surface area contributed by atoms with Crippen molar-refractivity contribution in [2.24, 2.45) is 17.8 Å². The lowest BCUT2D eigenvalue weighted by atomic mass is 9.96. The molecule has 3 aliphatic rings. The number of amides is 1. The van der Waals surface area contributed by atoms with Crippen molar-refractivity contribution in [3.8, 4) is 0 Å². The average molecular weight is 661 g/mol. The van der Waals surface area contributed by atoms with Crippen LogP contribution in [0, 0.1) is 17.8 Å². The summed E-state index contributed by atoms with van der Waals surface area (Å²) in [6.07, 6.45) is -0.925. The van der Waals surface area contributed by atoms with E-state index in [1.165, 1.54) is 0 Å². The minimum absolute atomic E-state index is 0.0110. The molecular formula is C26H45BN5O12P. The molecule has 1 saturated heterocycles. The zero-order chi connectivity index (χ0) is 32.4. The van der Waals surface area contributed by atoms with Crippen LogP contribution in [0.15, 0.2) is 0 Å². The fourth-order valence-electron chi connectivity index (χ4n) is 5.70. The number of alkyl carbamates (subject to hydrolysis) is 1. The number of carbonyl (C=O) groups is 1. The van der Waals surface area contributed by atoms with Crippen LogP contribution in [-0.2, 0) is 57.0 Å². The summed E-state index contributed by atoms with van der Waals surface area (Å²) in [7, 11) is 3.55. The maximum absolute atomic E-state index is 12.0. The molecule has 1 saturated carbocycles. The van der Waals surface area contributed by atoms with Crippen LogP contribution in [0.2, 0.25) is 0 Å². The van der Waals surface area contributed by atoms with Gasteiger partial charge in [0.25, 0.3) is 0 Å². The molecule has 1 aromatic heterocycles. The predicted octanol–water partition coefficient (Wildman–Crippen LogP) is -0.979. The van der Waals surface area contributed by atoms with Crippen molar-refractivity contribution in [2.75, 3.05) is 73.2 Å². The first-order chi connectivity index (χ1) is 21.6. The smallest absolute Gasteiger partial charge is 0.407 e. The van der Waals surface area contributed by atoms with E-state index in [0.717, 1.165) is 48.8 Å². The molecule has 0 spiro atoms. The fraction of sp³-hybridized carbons (Fsp3) is 0.885.